The van der Waals surface area contributed by atoms with Crippen LogP contribution >= 0.6 is 0 Å². The van der Waals surface area contributed by atoms with E-state index in [0.717, 1.165) is 23.7 Å². The topological polar surface area (TPSA) is 47.3 Å². The SMILES string of the molecule is Cc1nccn1CCOc1ccc(CC(C)O)cc1. The van der Waals surface area contributed by atoms with Crippen molar-refractivity contribution in [2.75, 3.05) is 6.61 Å². The predicted molar refractivity (Wildman–Crippen MR) is 74.3 cm³/mol. The van der Waals surface area contributed by atoms with Gasteiger partial charge in [0.25, 0.3) is 0 Å². The number of benzene rings is 1. The second-order valence-electron chi connectivity index (χ2n) is 4.71. The summed E-state index contributed by atoms with van der Waals surface area (Å²) < 4.78 is 7.74. The Bertz CT molecular complexity index is 503. The molecule has 1 aromatic carbocycles. The maximum atomic E-state index is 9.31. The van der Waals surface area contributed by atoms with E-state index in [4.69, 9.17) is 4.74 Å². The van der Waals surface area contributed by atoms with Crippen LogP contribution in [0.2, 0.25) is 0 Å². The zero-order valence-corrected chi connectivity index (χ0v) is 11.4. The smallest absolute Gasteiger partial charge is 0.119 e. The number of aliphatic hydroxyl groups excluding tert-OH is 1. The number of nitrogens with zero attached hydrogens (tertiary/aromatic N) is 2. The highest BCUT2D eigenvalue weighted by Crippen LogP contribution is 2.13. The fraction of sp³-hybridized carbons (Fsp3) is 0.400. The summed E-state index contributed by atoms with van der Waals surface area (Å²) in [5.41, 5.74) is 1.12. The van der Waals surface area contributed by atoms with Gasteiger partial charge in [-0.2, -0.15) is 0 Å². The fourth-order valence-corrected chi connectivity index (χ4v) is 1.96. The molecule has 2 rings (SSSR count). The molecular formula is C15H20N2O2. The molecule has 1 heterocycles. The maximum absolute atomic E-state index is 9.31. The molecule has 1 N–H and O–H groups in total. The van der Waals surface area contributed by atoms with Gasteiger partial charge in [0.15, 0.2) is 0 Å². The normalized spacial score (nSPS) is 12.4. The van der Waals surface area contributed by atoms with Gasteiger partial charge in [-0.3, -0.25) is 0 Å². The first-order valence-corrected chi connectivity index (χ1v) is 6.52. The highest BCUT2D eigenvalue weighted by Gasteiger charge is 2.00. The third-order valence-corrected chi connectivity index (χ3v) is 2.98. The van der Waals surface area contributed by atoms with Crippen LogP contribution in [0.15, 0.2) is 36.7 Å². The van der Waals surface area contributed by atoms with Crippen LogP contribution in [0.4, 0.5) is 0 Å². The Morgan fingerprint density at radius 2 is 2.05 bits per heavy atom. The fourth-order valence-electron chi connectivity index (χ4n) is 1.96. The van der Waals surface area contributed by atoms with Crippen LogP contribution in [0.5, 0.6) is 5.75 Å². The Morgan fingerprint density at radius 1 is 1.32 bits per heavy atom. The van der Waals surface area contributed by atoms with Crippen molar-refractivity contribution in [2.45, 2.75) is 32.9 Å². The first-order valence-electron chi connectivity index (χ1n) is 6.52. The van der Waals surface area contributed by atoms with Crippen molar-refractivity contribution in [3.05, 3.63) is 48.0 Å². The molecule has 0 aliphatic rings. The summed E-state index contributed by atoms with van der Waals surface area (Å²) in [6, 6.07) is 7.87. The number of ether oxygens (including phenoxy) is 1. The van der Waals surface area contributed by atoms with Crippen LogP contribution in [0.3, 0.4) is 0 Å². The summed E-state index contributed by atoms with van der Waals surface area (Å²) in [5, 5.41) is 9.31. The number of aromatic nitrogens is 2. The summed E-state index contributed by atoms with van der Waals surface area (Å²) in [6.45, 7) is 5.18. The van der Waals surface area contributed by atoms with Crippen molar-refractivity contribution in [1.29, 1.82) is 0 Å². The Labute approximate surface area is 113 Å². The maximum Gasteiger partial charge on any atom is 0.119 e. The average molecular weight is 260 g/mol. The van der Waals surface area contributed by atoms with Crippen molar-refractivity contribution < 1.29 is 9.84 Å². The Hall–Kier alpha value is -1.81. The van der Waals surface area contributed by atoms with Gasteiger partial charge in [-0.05, 0) is 38.0 Å². The largest absolute Gasteiger partial charge is 0.492 e. The van der Waals surface area contributed by atoms with E-state index < -0.39 is 0 Å². The van der Waals surface area contributed by atoms with Crippen molar-refractivity contribution in [2.24, 2.45) is 0 Å². The lowest BCUT2D eigenvalue weighted by molar-refractivity contribution is 0.195. The van der Waals surface area contributed by atoms with Gasteiger partial charge in [-0.25, -0.2) is 4.98 Å². The van der Waals surface area contributed by atoms with Gasteiger partial charge < -0.3 is 14.4 Å². The van der Waals surface area contributed by atoms with Gasteiger partial charge in [-0.1, -0.05) is 12.1 Å². The van der Waals surface area contributed by atoms with Gasteiger partial charge in [0.1, 0.15) is 18.2 Å². The van der Waals surface area contributed by atoms with Gasteiger partial charge in [0.05, 0.1) is 12.6 Å². The van der Waals surface area contributed by atoms with Gasteiger partial charge in [0.2, 0.25) is 0 Å². The molecule has 0 saturated heterocycles. The molecule has 1 aromatic heterocycles. The molecule has 102 valence electrons. The van der Waals surface area contributed by atoms with Crippen molar-refractivity contribution in [3.8, 4) is 5.75 Å². The molecule has 0 bridgehead atoms. The Morgan fingerprint density at radius 3 is 2.63 bits per heavy atom. The molecule has 4 nitrogen and oxygen atoms in total. The van der Waals surface area contributed by atoms with Crippen LogP contribution in [-0.4, -0.2) is 27.4 Å². The molecule has 0 aliphatic carbocycles. The third-order valence-electron chi connectivity index (χ3n) is 2.98. The second kappa shape index (κ2) is 6.38. The summed E-state index contributed by atoms with van der Waals surface area (Å²) in [6.07, 6.45) is 4.11. The molecule has 1 unspecified atom stereocenters. The highest BCUT2D eigenvalue weighted by molar-refractivity contribution is 5.27. The number of imidazole rings is 1. The van der Waals surface area contributed by atoms with Crippen molar-refractivity contribution >= 4 is 0 Å². The number of aliphatic hydroxyl groups is 1. The van der Waals surface area contributed by atoms with E-state index >= 15 is 0 Å². The van der Waals surface area contributed by atoms with E-state index in [0.29, 0.717) is 13.0 Å². The average Bonchev–Trinajstić information content (AvgIpc) is 2.77. The van der Waals surface area contributed by atoms with E-state index in [-0.39, 0.29) is 6.10 Å². The van der Waals surface area contributed by atoms with E-state index in [1.165, 1.54) is 0 Å². The standard InChI is InChI=1S/C15H20N2O2/c1-12(18)11-14-3-5-15(6-4-14)19-10-9-17-8-7-16-13(17)2/h3-8,12,18H,9-11H2,1-2H3. The van der Waals surface area contributed by atoms with Gasteiger partial charge in [-0.15, -0.1) is 0 Å². The van der Waals surface area contributed by atoms with Gasteiger partial charge in [0, 0.05) is 12.4 Å². The van der Waals surface area contributed by atoms with Crippen LogP contribution in [0.1, 0.15) is 18.3 Å². The first kappa shape index (κ1) is 13.6. The minimum atomic E-state index is -0.309. The summed E-state index contributed by atoms with van der Waals surface area (Å²) in [4.78, 5) is 4.17. The predicted octanol–water partition coefficient (Wildman–Crippen LogP) is 2.19. The quantitative estimate of drug-likeness (QED) is 0.866. The number of hydrogen-bond donors (Lipinski definition) is 1. The minimum absolute atomic E-state index is 0.309. The molecule has 4 heteroatoms. The molecule has 0 spiro atoms. The molecule has 0 radical (unpaired) electrons. The molecule has 2 aromatic rings. The molecule has 0 saturated carbocycles. The highest BCUT2D eigenvalue weighted by atomic mass is 16.5. The number of hydrogen-bond acceptors (Lipinski definition) is 3. The Kier molecular flexibility index (Phi) is 4.58. The summed E-state index contributed by atoms with van der Waals surface area (Å²) >= 11 is 0. The van der Waals surface area contributed by atoms with Crippen molar-refractivity contribution in [1.82, 2.24) is 9.55 Å². The van der Waals surface area contributed by atoms with E-state index in [2.05, 4.69) is 9.55 Å². The first-order chi connectivity index (χ1) is 9.15. The second-order valence-corrected chi connectivity index (χ2v) is 4.71. The van der Waals surface area contributed by atoms with Crippen LogP contribution in [0.25, 0.3) is 0 Å². The third kappa shape index (κ3) is 4.10. The summed E-state index contributed by atoms with van der Waals surface area (Å²) in [7, 11) is 0. The molecule has 0 fully saturated rings. The number of rotatable bonds is 6. The zero-order chi connectivity index (χ0) is 13.7. The van der Waals surface area contributed by atoms with Crippen molar-refractivity contribution in [3.63, 3.8) is 0 Å². The Balaban J connectivity index is 1.81. The lowest BCUT2D eigenvalue weighted by atomic mass is 10.1. The van der Waals surface area contributed by atoms with Gasteiger partial charge >= 0.3 is 0 Å². The van der Waals surface area contributed by atoms with Crippen LogP contribution < -0.4 is 4.74 Å². The molecule has 0 aliphatic heterocycles. The molecular weight excluding hydrogens is 240 g/mol. The lowest BCUT2D eigenvalue weighted by Crippen LogP contribution is -2.09. The van der Waals surface area contributed by atoms with Crippen LogP contribution in [0, 0.1) is 6.92 Å². The number of aryl methyl sites for hydroxylation is 1. The monoisotopic (exact) mass is 260 g/mol. The van der Waals surface area contributed by atoms with E-state index in [9.17, 15) is 5.11 Å². The summed E-state index contributed by atoms with van der Waals surface area (Å²) in [5.74, 6) is 1.85. The molecule has 19 heavy (non-hydrogen) atoms. The van der Waals surface area contributed by atoms with E-state index in [1.54, 1.807) is 13.1 Å². The minimum Gasteiger partial charge on any atom is -0.492 e. The lowest BCUT2D eigenvalue weighted by Gasteiger charge is -2.09. The van der Waals surface area contributed by atoms with E-state index in [1.807, 2.05) is 37.4 Å². The zero-order valence-electron chi connectivity index (χ0n) is 11.4. The molecule has 0 amide bonds. The molecule has 1 atom stereocenters. The van der Waals surface area contributed by atoms with Crippen LogP contribution in [-0.2, 0) is 13.0 Å².